The molecule has 0 radical (unpaired) electrons. The molecule has 0 aliphatic carbocycles. The van der Waals surface area contributed by atoms with Gasteiger partial charge in [0, 0.05) is 13.7 Å². The Balaban J connectivity index is 2.43. The van der Waals surface area contributed by atoms with Gasteiger partial charge in [-0.2, -0.15) is 0 Å². The molecule has 0 fully saturated rings. The van der Waals surface area contributed by atoms with E-state index < -0.39 is 6.09 Å². The fourth-order valence-corrected chi connectivity index (χ4v) is 1.88. The number of carbonyl (C=O) groups is 1. The molecule has 1 amide bonds. The number of methoxy groups -OCH3 is 1. The number of nitrogens with zero attached hydrogens (tertiary/aromatic N) is 1. The minimum absolute atomic E-state index is 0.361. The van der Waals surface area contributed by atoms with Crippen LogP contribution in [-0.4, -0.2) is 57.6 Å². The van der Waals surface area contributed by atoms with Crippen molar-refractivity contribution in [3.63, 3.8) is 0 Å². The van der Waals surface area contributed by atoms with Crippen LogP contribution in [0.4, 0.5) is 10.5 Å². The van der Waals surface area contributed by atoms with Crippen LogP contribution in [0.1, 0.15) is 13.8 Å². The molecule has 6 heteroatoms. The van der Waals surface area contributed by atoms with Gasteiger partial charge < -0.3 is 19.1 Å². The van der Waals surface area contributed by atoms with Crippen LogP contribution in [0.15, 0.2) is 24.3 Å². The van der Waals surface area contributed by atoms with Gasteiger partial charge >= 0.3 is 6.09 Å². The number of benzene rings is 1. The van der Waals surface area contributed by atoms with Crippen molar-refractivity contribution >= 4 is 11.8 Å². The fraction of sp³-hybridized carbons (Fsp3) is 0.562. The summed E-state index contributed by atoms with van der Waals surface area (Å²) < 4.78 is 15.7. The highest BCUT2D eigenvalue weighted by molar-refractivity contribution is 5.86. The van der Waals surface area contributed by atoms with Gasteiger partial charge in [0.05, 0.1) is 12.3 Å². The number of hydrogen-bond donors (Lipinski definition) is 1. The van der Waals surface area contributed by atoms with Gasteiger partial charge in [-0.1, -0.05) is 26.0 Å². The largest absolute Gasteiger partial charge is 0.489 e. The lowest BCUT2D eigenvalue weighted by Gasteiger charge is -2.18. The lowest BCUT2D eigenvalue weighted by atomic mass is 10.3. The van der Waals surface area contributed by atoms with Crippen molar-refractivity contribution in [3.8, 4) is 5.75 Å². The van der Waals surface area contributed by atoms with E-state index in [1.54, 1.807) is 19.2 Å². The first-order valence-corrected chi connectivity index (χ1v) is 7.58. The van der Waals surface area contributed by atoms with Crippen molar-refractivity contribution < 1.29 is 19.0 Å². The number of rotatable bonds is 10. The van der Waals surface area contributed by atoms with Gasteiger partial charge in [0.2, 0.25) is 0 Å². The van der Waals surface area contributed by atoms with Crippen LogP contribution < -0.4 is 10.1 Å². The summed E-state index contributed by atoms with van der Waals surface area (Å²) in [5, 5.41) is 2.70. The van der Waals surface area contributed by atoms with Crippen LogP contribution in [0.25, 0.3) is 0 Å². The maximum Gasteiger partial charge on any atom is 0.411 e. The van der Waals surface area contributed by atoms with Crippen molar-refractivity contribution in [2.45, 2.75) is 13.8 Å². The molecule has 1 N–H and O–H groups in total. The molecule has 0 saturated carbocycles. The van der Waals surface area contributed by atoms with E-state index in [1.165, 1.54) is 0 Å². The molecule has 1 aromatic rings. The third kappa shape index (κ3) is 6.78. The second kappa shape index (κ2) is 10.9. The number of amides is 1. The Morgan fingerprint density at radius 2 is 1.86 bits per heavy atom. The minimum Gasteiger partial charge on any atom is -0.489 e. The predicted octanol–water partition coefficient (Wildman–Crippen LogP) is 2.60. The third-order valence-corrected chi connectivity index (χ3v) is 3.20. The standard InChI is InChI=1S/C16H26N2O4/c1-4-18(5-2)10-11-22-16(19)17-14-8-6-7-9-15(14)21-13-12-20-3/h6-9H,4-5,10-13H2,1-3H3,(H,17,19). The van der Waals surface area contributed by atoms with E-state index in [-0.39, 0.29) is 0 Å². The topological polar surface area (TPSA) is 60.0 Å². The van der Waals surface area contributed by atoms with Crippen molar-refractivity contribution in [1.82, 2.24) is 4.90 Å². The summed E-state index contributed by atoms with van der Waals surface area (Å²) in [6.45, 7) is 8.05. The summed E-state index contributed by atoms with van der Waals surface area (Å²) in [6, 6.07) is 7.24. The van der Waals surface area contributed by atoms with Crippen LogP contribution in [-0.2, 0) is 9.47 Å². The Hall–Kier alpha value is -1.79. The second-order valence-electron chi connectivity index (χ2n) is 4.63. The molecule has 0 heterocycles. The van der Waals surface area contributed by atoms with E-state index in [4.69, 9.17) is 14.2 Å². The molecule has 0 unspecified atom stereocenters. The highest BCUT2D eigenvalue weighted by Gasteiger charge is 2.09. The summed E-state index contributed by atoms with van der Waals surface area (Å²) in [5.74, 6) is 0.597. The molecule has 0 aliphatic heterocycles. The van der Waals surface area contributed by atoms with Crippen LogP contribution in [0.3, 0.4) is 0 Å². The first kappa shape index (κ1) is 18.3. The summed E-state index contributed by atoms with van der Waals surface area (Å²) in [4.78, 5) is 14.0. The molecule has 0 atom stereocenters. The quantitative estimate of drug-likeness (QED) is 0.673. The summed E-state index contributed by atoms with van der Waals surface area (Å²) in [5.41, 5.74) is 0.589. The van der Waals surface area contributed by atoms with E-state index in [1.807, 2.05) is 12.1 Å². The van der Waals surface area contributed by atoms with Gasteiger partial charge in [-0.05, 0) is 25.2 Å². The first-order valence-electron chi connectivity index (χ1n) is 7.58. The van der Waals surface area contributed by atoms with E-state index in [2.05, 4.69) is 24.1 Å². The lowest BCUT2D eigenvalue weighted by Crippen LogP contribution is -2.28. The Bertz CT molecular complexity index is 436. The second-order valence-corrected chi connectivity index (χ2v) is 4.63. The number of nitrogens with one attached hydrogen (secondary N) is 1. The van der Waals surface area contributed by atoms with Crippen molar-refractivity contribution in [1.29, 1.82) is 0 Å². The van der Waals surface area contributed by atoms with E-state index >= 15 is 0 Å². The predicted molar refractivity (Wildman–Crippen MR) is 86.6 cm³/mol. The SMILES string of the molecule is CCN(CC)CCOC(=O)Nc1ccccc1OCCOC. The summed E-state index contributed by atoms with van der Waals surface area (Å²) in [7, 11) is 1.61. The number of anilines is 1. The molecule has 124 valence electrons. The average molecular weight is 310 g/mol. The smallest absolute Gasteiger partial charge is 0.411 e. The van der Waals surface area contributed by atoms with Gasteiger partial charge in [0.25, 0.3) is 0 Å². The van der Waals surface area contributed by atoms with Gasteiger partial charge in [-0.3, -0.25) is 5.32 Å². The number of carbonyl (C=O) groups excluding carboxylic acids is 1. The normalized spacial score (nSPS) is 10.5. The zero-order chi connectivity index (χ0) is 16.2. The Labute approximate surface area is 132 Å². The summed E-state index contributed by atoms with van der Waals surface area (Å²) in [6.07, 6.45) is -0.477. The van der Waals surface area contributed by atoms with Gasteiger partial charge in [-0.15, -0.1) is 0 Å². The van der Waals surface area contributed by atoms with E-state index in [9.17, 15) is 4.79 Å². The van der Waals surface area contributed by atoms with Crippen LogP contribution >= 0.6 is 0 Å². The molecule has 6 nitrogen and oxygen atoms in total. The molecule has 0 aliphatic rings. The first-order chi connectivity index (χ1) is 10.7. The maximum atomic E-state index is 11.8. The average Bonchev–Trinajstić information content (AvgIpc) is 2.53. The molecular formula is C16H26N2O4. The molecule has 1 aromatic carbocycles. The number of hydrogen-bond acceptors (Lipinski definition) is 5. The molecule has 0 aromatic heterocycles. The van der Waals surface area contributed by atoms with Crippen LogP contribution in [0.5, 0.6) is 5.75 Å². The van der Waals surface area contributed by atoms with Gasteiger partial charge in [0.1, 0.15) is 19.0 Å². The molecule has 0 bridgehead atoms. The molecule has 0 saturated heterocycles. The molecular weight excluding hydrogens is 284 g/mol. The van der Waals surface area contributed by atoms with E-state index in [0.29, 0.717) is 31.3 Å². The van der Waals surface area contributed by atoms with Gasteiger partial charge in [0.15, 0.2) is 0 Å². The van der Waals surface area contributed by atoms with Crippen LogP contribution in [0, 0.1) is 0 Å². The zero-order valence-corrected chi connectivity index (χ0v) is 13.6. The monoisotopic (exact) mass is 310 g/mol. The Morgan fingerprint density at radius 1 is 1.14 bits per heavy atom. The maximum absolute atomic E-state index is 11.8. The molecule has 0 spiro atoms. The fourth-order valence-electron chi connectivity index (χ4n) is 1.88. The Kier molecular flexibility index (Phi) is 9.02. The number of likely N-dealkylation sites (N-methyl/N-ethyl adjacent to an activating group) is 1. The highest BCUT2D eigenvalue weighted by Crippen LogP contribution is 2.23. The lowest BCUT2D eigenvalue weighted by molar-refractivity contribution is 0.141. The van der Waals surface area contributed by atoms with Crippen LogP contribution in [0.2, 0.25) is 0 Å². The van der Waals surface area contributed by atoms with Crippen molar-refractivity contribution in [2.75, 3.05) is 51.9 Å². The minimum atomic E-state index is -0.477. The van der Waals surface area contributed by atoms with Crippen molar-refractivity contribution in [3.05, 3.63) is 24.3 Å². The van der Waals surface area contributed by atoms with Gasteiger partial charge in [-0.25, -0.2) is 4.79 Å². The van der Waals surface area contributed by atoms with Crippen molar-refractivity contribution in [2.24, 2.45) is 0 Å². The zero-order valence-electron chi connectivity index (χ0n) is 13.6. The Morgan fingerprint density at radius 3 is 2.55 bits per heavy atom. The molecule has 1 rings (SSSR count). The summed E-state index contributed by atoms with van der Waals surface area (Å²) >= 11 is 0. The third-order valence-electron chi connectivity index (χ3n) is 3.20. The number of ether oxygens (including phenoxy) is 3. The molecule has 22 heavy (non-hydrogen) atoms. The highest BCUT2D eigenvalue weighted by atomic mass is 16.5. The van der Waals surface area contributed by atoms with E-state index in [0.717, 1.165) is 19.6 Å². The number of para-hydroxylation sites is 2.